The first-order valence-electron chi connectivity index (χ1n) is 8.86. The number of benzene rings is 2. The third-order valence-electron chi connectivity index (χ3n) is 4.38. The Labute approximate surface area is 168 Å². The Morgan fingerprint density at radius 3 is 2.48 bits per heavy atom. The van der Waals surface area contributed by atoms with Crippen LogP contribution in [0.4, 0.5) is 10.1 Å². The maximum absolute atomic E-state index is 13.7. The first-order valence-corrected chi connectivity index (χ1v) is 10.3. The van der Waals surface area contributed by atoms with Gasteiger partial charge in [-0.1, -0.05) is 12.1 Å². The van der Waals surface area contributed by atoms with Crippen LogP contribution in [0, 0.1) is 12.7 Å². The number of hydrogen-bond acceptors (Lipinski definition) is 4. The topological polar surface area (TPSA) is 88.2 Å². The van der Waals surface area contributed by atoms with Crippen molar-refractivity contribution in [2.45, 2.75) is 24.8 Å². The van der Waals surface area contributed by atoms with E-state index in [0.717, 1.165) is 11.6 Å². The predicted molar refractivity (Wildman–Crippen MR) is 109 cm³/mol. The second-order valence-electron chi connectivity index (χ2n) is 6.57. The number of halogens is 1. The maximum atomic E-state index is 13.7. The molecule has 1 atom stereocenters. The summed E-state index contributed by atoms with van der Waals surface area (Å²) in [6.45, 7) is 3.39. The van der Waals surface area contributed by atoms with E-state index in [2.05, 4.69) is 15.0 Å². The number of anilines is 1. The molecule has 1 unspecified atom stereocenters. The van der Waals surface area contributed by atoms with Crippen molar-refractivity contribution < 1.29 is 17.6 Å². The zero-order valence-corrected chi connectivity index (χ0v) is 16.7. The van der Waals surface area contributed by atoms with Crippen molar-refractivity contribution in [3.63, 3.8) is 0 Å². The number of pyridine rings is 1. The second kappa shape index (κ2) is 8.40. The van der Waals surface area contributed by atoms with Crippen LogP contribution in [0.5, 0.6) is 0 Å². The highest BCUT2D eigenvalue weighted by Crippen LogP contribution is 2.20. The number of carbonyl (C=O) groups is 1. The summed E-state index contributed by atoms with van der Waals surface area (Å²) in [6, 6.07) is 13.1. The minimum absolute atomic E-state index is 0.193. The summed E-state index contributed by atoms with van der Waals surface area (Å²) in [7, 11) is -3.99. The Kier molecular flexibility index (Phi) is 5.93. The average Bonchev–Trinajstić information content (AvgIpc) is 2.70. The summed E-state index contributed by atoms with van der Waals surface area (Å²) in [5, 5.41) is 2.85. The smallest absolute Gasteiger partial charge is 0.261 e. The van der Waals surface area contributed by atoms with Crippen molar-refractivity contribution in [1.82, 2.24) is 10.3 Å². The molecule has 150 valence electrons. The van der Waals surface area contributed by atoms with Crippen LogP contribution in [0.25, 0.3) is 0 Å². The predicted octanol–water partition coefficient (Wildman–Crippen LogP) is 3.82. The van der Waals surface area contributed by atoms with Crippen molar-refractivity contribution in [3.8, 4) is 0 Å². The SMILES string of the molecule is Cc1ccc(S(=O)(=O)Nc2cccc(C(=O)NC(C)c3ccncc3)c2)cc1F. The summed E-state index contributed by atoms with van der Waals surface area (Å²) < 4.78 is 41.2. The largest absolute Gasteiger partial charge is 0.346 e. The van der Waals surface area contributed by atoms with Crippen LogP contribution in [0.2, 0.25) is 0 Å². The highest BCUT2D eigenvalue weighted by molar-refractivity contribution is 7.92. The summed E-state index contributed by atoms with van der Waals surface area (Å²) >= 11 is 0. The fourth-order valence-electron chi connectivity index (χ4n) is 2.69. The molecule has 1 amide bonds. The molecule has 0 aliphatic rings. The minimum atomic E-state index is -3.99. The normalized spacial score (nSPS) is 12.2. The molecule has 0 bridgehead atoms. The van der Waals surface area contributed by atoms with Crippen LogP contribution in [0.1, 0.15) is 34.5 Å². The van der Waals surface area contributed by atoms with Gasteiger partial charge in [0.15, 0.2) is 0 Å². The molecule has 0 fully saturated rings. The molecule has 8 heteroatoms. The van der Waals surface area contributed by atoms with E-state index in [1.54, 1.807) is 43.6 Å². The summed E-state index contributed by atoms with van der Waals surface area (Å²) in [5.41, 5.74) is 1.74. The van der Waals surface area contributed by atoms with Crippen LogP contribution in [-0.4, -0.2) is 19.3 Å². The van der Waals surface area contributed by atoms with Gasteiger partial charge in [0.25, 0.3) is 15.9 Å². The highest BCUT2D eigenvalue weighted by Gasteiger charge is 2.17. The third kappa shape index (κ3) is 4.97. The van der Waals surface area contributed by atoms with E-state index < -0.39 is 15.8 Å². The van der Waals surface area contributed by atoms with Gasteiger partial charge in [0.05, 0.1) is 10.9 Å². The zero-order valence-electron chi connectivity index (χ0n) is 15.9. The number of carbonyl (C=O) groups excluding carboxylic acids is 1. The quantitative estimate of drug-likeness (QED) is 0.643. The van der Waals surface area contributed by atoms with E-state index in [0.29, 0.717) is 11.1 Å². The van der Waals surface area contributed by atoms with E-state index in [-0.39, 0.29) is 22.5 Å². The Morgan fingerprint density at radius 1 is 1.07 bits per heavy atom. The molecule has 29 heavy (non-hydrogen) atoms. The lowest BCUT2D eigenvalue weighted by atomic mass is 10.1. The van der Waals surface area contributed by atoms with E-state index in [9.17, 15) is 17.6 Å². The number of rotatable bonds is 6. The highest BCUT2D eigenvalue weighted by atomic mass is 32.2. The lowest BCUT2D eigenvalue weighted by Gasteiger charge is -2.15. The number of hydrogen-bond donors (Lipinski definition) is 2. The molecule has 3 rings (SSSR count). The summed E-state index contributed by atoms with van der Waals surface area (Å²) in [5.74, 6) is -0.956. The number of amides is 1. The first-order chi connectivity index (χ1) is 13.8. The maximum Gasteiger partial charge on any atom is 0.261 e. The van der Waals surface area contributed by atoms with Gasteiger partial charge >= 0.3 is 0 Å². The van der Waals surface area contributed by atoms with E-state index in [1.807, 2.05) is 6.92 Å². The standard InChI is InChI=1S/C21H20FN3O3S/c1-14-6-7-19(13-20(14)22)29(27,28)25-18-5-3-4-17(12-18)21(26)24-15(2)16-8-10-23-11-9-16/h3-13,15,25H,1-2H3,(H,24,26). The van der Waals surface area contributed by atoms with Crippen LogP contribution in [-0.2, 0) is 10.0 Å². The number of nitrogens with one attached hydrogen (secondary N) is 2. The van der Waals surface area contributed by atoms with Gasteiger partial charge in [-0.15, -0.1) is 0 Å². The van der Waals surface area contributed by atoms with Crippen molar-refractivity contribution in [2.75, 3.05) is 4.72 Å². The van der Waals surface area contributed by atoms with Crippen molar-refractivity contribution >= 4 is 21.6 Å². The molecule has 0 saturated heterocycles. The van der Waals surface area contributed by atoms with E-state index in [1.165, 1.54) is 24.3 Å². The molecule has 2 N–H and O–H groups in total. The fraction of sp³-hybridized carbons (Fsp3) is 0.143. The average molecular weight is 413 g/mol. The van der Waals surface area contributed by atoms with Crippen molar-refractivity contribution in [2.24, 2.45) is 0 Å². The molecule has 0 radical (unpaired) electrons. The van der Waals surface area contributed by atoms with Crippen LogP contribution >= 0.6 is 0 Å². The molecule has 3 aromatic rings. The molecule has 0 aliphatic carbocycles. The summed E-state index contributed by atoms with van der Waals surface area (Å²) in [6.07, 6.45) is 3.28. The Bertz CT molecular complexity index is 1130. The lowest BCUT2D eigenvalue weighted by Crippen LogP contribution is -2.26. The number of nitrogens with zero attached hydrogens (tertiary/aromatic N) is 1. The first kappa shape index (κ1) is 20.5. The van der Waals surface area contributed by atoms with Gasteiger partial charge in [0, 0.05) is 23.6 Å². The molecule has 0 saturated carbocycles. The van der Waals surface area contributed by atoms with Gasteiger partial charge in [-0.2, -0.15) is 0 Å². The number of aryl methyl sites for hydroxylation is 1. The van der Waals surface area contributed by atoms with Gasteiger partial charge in [-0.3, -0.25) is 14.5 Å². The number of sulfonamides is 1. The monoisotopic (exact) mass is 413 g/mol. The zero-order chi connectivity index (χ0) is 21.0. The van der Waals surface area contributed by atoms with Crippen molar-refractivity contribution in [3.05, 3.63) is 89.5 Å². The Balaban J connectivity index is 1.76. The van der Waals surface area contributed by atoms with Gasteiger partial charge < -0.3 is 5.32 Å². The molecule has 1 aromatic heterocycles. The van der Waals surface area contributed by atoms with Gasteiger partial charge in [-0.25, -0.2) is 12.8 Å². The molecular weight excluding hydrogens is 393 g/mol. The third-order valence-corrected chi connectivity index (χ3v) is 5.76. The number of aromatic nitrogens is 1. The van der Waals surface area contributed by atoms with Crippen LogP contribution in [0.15, 0.2) is 71.9 Å². The van der Waals surface area contributed by atoms with Gasteiger partial charge in [0.2, 0.25) is 0 Å². The van der Waals surface area contributed by atoms with Crippen molar-refractivity contribution in [1.29, 1.82) is 0 Å². The Hall–Kier alpha value is -3.26. The van der Waals surface area contributed by atoms with E-state index >= 15 is 0 Å². The van der Waals surface area contributed by atoms with Crippen LogP contribution in [0.3, 0.4) is 0 Å². The summed E-state index contributed by atoms with van der Waals surface area (Å²) in [4.78, 5) is 16.3. The molecular formula is C21H20FN3O3S. The van der Waals surface area contributed by atoms with Crippen LogP contribution < -0.4 is 10.0 Å². The molecule has 0 spiro atoms. The second-order valence-corrected chi connectivity index (χ2v) is 8.26. The molecule has 2 aromatic carbocycles. The van der Waals surface area contributed by atoms with Gasteiger partial charge in [-0.05, 0) is 67.4 Å². The molecule has 6 nitrogen and oxygen atoms in total. The van der Waals surface area contributed by atoms with Gasteiger partial charge in [0.1, 0.15) is 5.82 Å². The minimum Gasteiger partial charge on any atom is -0.346 e. The lowest BCUT2D eigenvalue weighted by molar-refractivity contribution is 0.0940. The molecule has 1 heterocycles. The fourth-order valence-corrected chi connectivity index (χ4v) is 3.76. The van der Waals surface area contributed by atoms with E-state index in [4.69, 9.17) is 0 Å². The Morgan fingerprint density at radius 2 is 1.79 bits per heavy atom. The molecule has 0 aliphatic heterocycles.